The Bertz CT molecular complexity index is 1620. The van der Waals surface area contributed by atoms with Crippen molar-refractivity contribution in [3.05, 3.63) is 86.8 Å². The molecule has 1 aliphatic rings. The first-order valence-electron chi connectivity index (χ1n) is 13.5. The molecule has 242 valence electrons. The molecule has 0 radical (unpaired) electrons. The molecule has 1 aliphatic carbocycles. The van der Waals surface area contributed by atoms with Gasteiger partial charge < -0.3 is 24.2 Å². The van der Waals surface area contributed by atoms with Crippen molar-refractivity contribution in [3.8, 4) is 11.5 Å². The fourth-order valence-corrected chi connectivity index (χ4v) is 5.28. The van der Waals surface area contributed by atoms with Crippen LogP contribution in [0.25, 0.3) is 0 Å². The summed E-state index contributed by atoms with van der Waals surface area (Å²) in [6, 6.07) is 10.0. The third kappa shape index (κ3) is 10.9. The van der Waals surface area contributed by atoms with Crippen molar-refractivity contribution in [1.82, 2.24) is 0 Å². The minimum atomic E-state index is -3.47. The number of hydrogen-bond acceptors (Lipinski definition) is 9. The average Bonchev–Trinajstić information content (AvgIpc) is 3.77. The van der Waals surface area contributed by atoms with E-state index in [0.717, 1.165) is 31.5 Å². The molecule has 1 heterocycles. The van der Waals surface area contributed by atoms with Gasteiger partial charge in [-0.05, 0) is 54.2 Å². The summed E-state index contributed by atoms with van der Waals surface area (Å²) in [7, 11) is -3.47. The molecule has 0 saturated heterocycles. The molecule has 0 spiro atoms. The van der Waals surface area contributed by atoms with Crippen LogP contribution in [0.3, 0.4) is 0 Å². The van der Waals surface area contributed by atoms with E-state index < -0.39 is 41.3 Å². The van der Waals surface area contributed by atoms with E-state index in [9.17, 15) is 32.0 Å². The van der Waals surface area contributed by atoms with Gasteiger partial charge in [0.25, 0.3) is 0 Å². The molecule has 1 saturated carbocycles. The molecular weight excluding hydrogens is 661 g/mol. The van der Waals surface area contributed by atoms with Gasteiger partial charge >= 0.3 is 18.6 Å². The number of carbonyl (C=O) groups excluding carboxylic acids is 2. The van der Waals surface area contributed by atoms with E-state index in [2.05, 4.69) is 9.46 Å². The topological polar surface area (TPSA) is 144 Å². The minimum absolute atomic E-state index is 0.00702. The van der Waals surface area contributed by atoms with Crippen LogP contribution in [-0.2, 0) is 41.9 Å². The van der Waals surface area contributed by atoms with Gasteiger partial charge in [0.2, 0.25) is 10.0 Å². The zero-order valence-corrected chi connectivity index (χ0v) is 26.0. The van der Waals surface area contributed by atoms with E-state index in [1.165, 1.54) is 42.5 Å². The number of halogens is 4. The van der Waals surface area contributed by atoms with Crippen LogP contribution in [-0.4, -0.2) is 46.4 Å². The number of nitrogens with one attached hydrogen (secondary N) is 1. The molecule has 2 aromatic carbocycles. The predicted octanol–water partition coefficient (Wildman–Crippen LogP) is 5.00. The lowest BCUT2D eigenvalue weighted by atomic mass is 10.0. The van der Waals surface area contributed by atoms with Crippen molar-refractivity contribution in [2.75, 3.05) is 24.2 Å². The van der Waals surface area contributed by atoms with Crippen molar-refractivity contribution in [1.29, 1.82) is 0 Å². The number of pyridine rings is 1. The van der Waals surface area contributed by atoms with Gasteiger partial charge in [-0.15, -0.1) is 0 Å². The van der Waals surface area contributed by atoms with Gasteiger partial charge in [-0.1, -0.05) is 41.4 Å². The number of anilines is 1. The lowest BCUT2D eigenvalue weighted by molar-refractivity contribution is -0.605. The molecule has 1 fully saturated rings. The number of alkyl halides is 2. The molecule has 3 aromatic rings. The summed E-state index contributed by atoms with van der Waals surface area (Å²) < 4.78 is 72.6. The zero-order chi connectivity index (χ0) is 32.7. The summed E-state index contributed by atoms with van der Waals surface area (Å²) in [4.78, 5) is 25.3. The van der Waals surface area contributed by atoms with Crippen LogP contribution in [0.15, 0.2) is 54.9 Å². The molecule has 0 amide bonds. The molecule has 11 nitrogen and oxygen atoms in total. The summed E-state index contributed by atoms with van der Waals surface area (Å²) >= 11 is 12.5. The summed E-state index contributed by atoms with van der Waals surface area (Å²) in [6.07, 6.45) is 3.54. The third-order valence-corrected chi connectivity index (χ3v) is 7.66. The van der Waals surface area contributed by atoms with E-state index in [4.69, 9.17) is 37.4 Å². The summed E-state index contributed by atoms with van der Waals surface area (Å²) in [6.45, 7) is -3.59. The van der Waals surface area contributed by atoms with E-state index >= 15 is 0 Å². The van der Waals surface area contributed by atoms with E-state index in [-0.39, 0.29) is 46.6 Å². The molecule has 1 aromatic heterocycles. The van der Waals surface area contributed by atoms with Crippen LogP contribution >= 0.6 is 23.2 Å². The second-order valence-corrected chi connectivity index (χ2v) is 12.8. The number of aromatic nitrogens is 1. The second-order valence-electron chi connectivity index (χ2n) is 10.2. The van der Waals surface area contributed by atoms with Gasteiger partial charge in [0.1, 0.15) is 16.1 Å². The molecule has 45 heavy (non-hydrogen) atoms. The standard InChI is InChI=1S/C29H28Cl2F2N2O9S/c1-45(39,40)34-20-7-4-17(5-8-20)10-27(36)42-16-28(37)43-25(12-21-22(30)13-35(38)14-23(21)31)19-6-9-24(44-29(32)33)26(11-19)41-15-18-2-3-18/h4-9,11,13-14,18,25,29,34H,2-3,10,12,15-16H2,1H3/t25-/m0/s1. The number of esters is 2. The molecule has 0 aliphatic heterocycles. The number of carbonyl (C=O) groups is 2. The summed E-state index contributed by atoms with van der Waals surface area (Å²) in [5.41, 5.74) is 1.38. The largest absolute Gasteiger partial charge is 0.619 e. The van der Waals surface area contributed by atoms with Gasteiger partial charge in [-0.2, -0.15) is 13.5 Å². The Morgan fingerprint density at radius 2 is 1.71 bits per heavy atom. The van der Waals surface area contributed by atoms with E-state index in [1.807, 2.05) is 0 Å². The lowest BCUT2D eigenvalue weighted by Crippen LogP contribution is -2.26. The zero-order valence-electron chi connectivity index (χ0n) is 23.7. The first-order valence-corrected chi connectivity index (χ1v) is 16.1. The Labute approximate surface area is 267 Å². The molecule has 4 rings (SSSR count). The molecule has 1 atom stereocenters. The predicted molar refractivity (Wildman–Crippen MR) is 159 cm³/mol. The van der Waals surface area contributed by atoms with Crippen molar-refractivity contribution in [2.24, 2.45) is 5.92 Å². The van der Waals surface area contributed by atoms with Crippen LogP contribution < -0.4 is 18.9 Å². The van der Waals surface area contributed by atoms with Crippen molar-refractivity contribution in [3.63, 3.8) is 0 Å². The van der Waals surface area contributed by atoms with Crippen LogP contribution in [0.2, 0.25) is 10.0 Å². The van der Waals surface area contributed by atoms with Crippen molar-refractivity contribution < 1.29 is 50.5 Å². The fourth-order valence-electron chi connectivity index (χ4n) is 4.12. The Morgan fingerprint density at radius 3 is 2.31 bits per heavy atom. The lowest BCUT2D eigenvalue weighted by Gasteiger charge is -2.21. The third-order valence-electron chi connectivity index (χ3n) is 6.40. The molecule has 0 bridgehead atoms. The van der Waals surface area contributed by atoms with Gasteiger partial charge in [0, 0.05) is 17.7 Å². The molecular formula is C29H28Cl2F2N2O9S. The van der Waals surface area contributed by atoms with Crippen LogP contribution in [0.5, 0.6) is 11.5 Å². The number of nitrogens with zero attached hydrogens (tertiary/aromatic N) is 1. The SMILES string of the molecule is CS(=O)(=O)Nc1ccc(CC(=O)OCC(=O)O[C@@H](Cc2c(Cl)c[n+]([O-])cc2Cl)c2ccc(OC(F)F)c(OCC3CC3)c2)cc1. The highest BCUT2D eigenvalue weighted by molar-refractivity contribution is 7.92. The maximum atomic E-state index is 13.0. The Kier molecular flexibility index (Phi) is 11.3. The average molecular weight is 690 g/mol. The number of rotatable bonds is 15. The van der Waals surface area contributed by atoms with Crippen LogP contribution in [0, 0.1) is 11.1 Å². The first kappa shape index (κ1) is 34.0. The second kappa shape index (κ2) is 14.9. The number of benzene rings is 2. The van der Waals surface area contributed by atoms with Crippen LogP contribution in [0.4, 0.5) is 14.5 Å². The maximum absolute atomic E-state index is 13.0. The summed E-state index contributed by atoms with van der Waals surface area (Å²) in [5, 5.41) is 11.7. The van der Waals surface area contributed by atoms with Gasteiger partial charge in [0.05, 0.1) is 19.3 Å². The summed E-state index contributed by atoms with van der Waals surface area (Å²) in [5.74, 6) is -1.62. The fraction of sp³-hybridized carbons (Fsp3) is 0.345. The molecule has 16 heteroatoms. The maximum Gasteiger partial charge on any atom is 0.387 e. The Morgan fingerprint density at radius 1 is 1.04 bits per heavy atom. The normalized spacial score (nSPS) is 13.6. The van der Waals surface area contributed by atoms with Gasteiger partial charge in [-0.3, -0.25) is 9.52 Å². The number of ether oxygens (including phenoxy) is 4. The highest BCUT2D eigenvalue weighted by atomic mass is 35.5. The van der Waals surface area contributed by atoms with Crippen molar-refractivity contribution in [2.45, 2.75) is 38.4 Å². The Balaban J connectivity index is 1.48. The smallest absolute Gasteiger partial charge is 0.387 e. The highest BCUT2D eigenvalue weighted by Gasteiger charge is 2.27. The van der Waals surface area contributed by atoms with Gasteiger partial charge in [-0.25, -0.2) is 13.2 Å². The molecule has 1 N–H and O–H groups in total. The minimum Gasteiger partial charge on any atom is -0.619 e. The van der Waals surface area contributed by atoms with E-state index in [0.29, 0.717) is 27.5 Å². The quantitative estimate of drug-likeness (QED) is 0.132. The number of hydrogen-bond donors (Lipinski definition) is 1. The Hall–Kier alpha value is -3.88. The number of sulfonamides is 1. The monoisotopic (exact) mass is 688 g/mol. The van der Waals surface area contributed by atoms with Crippen molar-refractivity contribution >= 4 is 50.9 Å². The highest BCUT2D eigenvalue weighted by Crippen LogP contribution is 2.37. The van der Waals surface area contributed by atoms with Gasteiger partial charge in [0.15, 0.2) is 30.5 Å². The molecule has 0 unspecified atom stereocenters. The van der Waals surface area contributed by atoms with Crippen LogP contribution in [0.1, 0.15) is 35.6 Å². The first-order chi connectivity index (χ1) is 21.3. The van der Waals surface area contributed by atoms with E-state index in [1.54, 1.807) is 0 Å².